The third-order valence-corrected chi connectivity index (χ3v) is 3.69. The summed E-state index contributed by atoms with van der Waals surface area (Å²) in [5.41, 5.74) is 2.70. The zero-order chi connectivity index (χ0) is 13.7. The van der Waals surface area contributed by atoms with Gasteiger partial charge in [-0.1, -0.05) is 35.9 Å². The average Bonchev–Trinajstić information content (AvgIpc) is 2.43. The zero-order valence-corrected chi connectivity index (χ0v) is 12.2. The van der Waals surface area contributed by atoms with Crippen LogP contribution in [0, 0.1) is 6.92 Å². The maximum Gasteiger partial charge on any atom is 0.0318 e. The fourth-order valence-corrected chi connectivity index (χ4v) is 2.56. The fraction of sp³-hybridized carbons (Fsp3) is 0.412. The highest BCUT2D eigenvalue weighted by Gasteiger charge is 2.09. The van der Waals surface area contributed by atoms with E-state index in [1.807, 2.05) is 14.1 Å². The quantitative estimate of drug-likeness (QED) is 0.774. The van der Waals surface area contributed by atoms with Crippen molar-refractivity contribution in [1.82, 2.24) is 10.6 Å². The van der Waals surface area contributed by atoms with Crippen molar-refractivity contribution in [2.24, 2.45) is 0 Å². The highest BCUT2D eigenvalue weighted by molar-refractivity contribution is 5.83. The van der Waals surface area contributed by atoms with E-state index in [1.54, 1.807) is 0 Å². The average molecular weight is 256 g/mol. The highest BCUT2D eigenvalue weighted by Crippen LogP contribution is 2.23. The van der Waals surface area contributed by atoms with Crippen molar-refractivity contribution >= 4 is 10.8 Å². The Balaban J connectivity index is 2.20. The molecule has 0 saturated heterocycles. The van der Waals surface area contributed by atoms with Crippen LogP contribution in [0.2, 0.25) is 0 Å². The minimum Gasteiger partial charge on any atom is -0.320 e. The van der Waals surface area contributed by atoms with Crippen molar-refractivity contribution in [3.63, 3.8) is 0 Å². The van der Waals surface area contributed by atoms with Gasteiger partial charge in [-0.25, -0.2) is 0 Å². The summed E-state index contributed by atoms with van der Waals surface area (Å²) < 4.78 is 0. The van der Waals surface area contributed by atoms with Crippen molar-refractivity contribution < 1.29 is 0 Å². The van der Waals surface area contributed by atoms with Crippen LogP contribution in [0.25, 0.3) is 10.8 Å². The molecule has 0 heterocycles. The van der Waals surface area contributed by atoms with E-state index < -0.39 is 0 Å². The lowest BCUT2D eigenvalue weighted by Crippen LogP contribution is -2.18. The number of fused-ring (bicyclic) bond motifs is 1. The Morgan fingerprint density at radius 3 is 2.47 bits per heavy atom. The minimum absolute atomic E-state index is 0.444. The smallest absolute Gasteiger partial charge is 0.0318 e. The van der Waals surface area contributed by atoms with Gasteiger partial charge in [0.1, 0.15) is 0 Å². The molecule has 1 unspecified atom stereocenters. The summed E-state index contributed by atoms with van der Waals surface area (Å²) in [4.78, 5) is 0. The Hall–Kier alpha value is -1.38. The Labute approximate surface area is 116 Å². The van der Waals surface area contributed by atoms with E-state index in [4.69, 9.17) is 0 Å². The van der Waals surface area contributed by atoms with Gasteiger partial charge in [-0.05, 0) is 62.8 Å². The molecule has 2 nitrogen and oxygen atoms in total. The number of aryl methyl sites for hydroxylation is 1. The van der Waals surface area contributed by atoms with Crippen LogP contribution in [0.4, 0.5) is 0 Å². The van der Waals surface area contributed by atoms with Gasteiger partial charge in [0.15, 0.2) is 0 Å². The Kier molecular flexibility index (Phi) is 4.94. The van der Waals surface area contributed by atoms with E-state index in [0.29, 0.717) is 6.04 Å². The van der Waals surface area contributed by atoms with Gasteiger partial charge in [0.05, 0.1) is 0 Å². The van der Waals surface area contributed by atoms with E-state index in [9.17, 15) is 0 Å². The second-order valence-electron chi connectivity index (χ2n) is 5.20. The van der Waals surface area contributed by atoms with Gasteiger partial charge in [0, 0.05) is 6.04 Å². The van der Waals surface area contributed by atoms with Gasteiger partial charge in [-0.15, -0.1) is 0 Å². The molecule has 0 aromatic heterocycles. The molecule has 2 rings (SSSR count). The van der Waals surface area contributed by atoms with Crippen LogP contribution in [0.5, 0.6) is 0 Å². The van der Waals surface area contributed by atoms with Gasteiger partial charge >= 0.3 is 0 Å². The summed E-state index contributed by atoms with van der Waals surface area (Å²) in [5.74, 6) is 0. The predicted octanol–water partition coefficient (Wildman–Crippen LogP) is 3.41. The first-order chi connectivity index (χ1) is 9.24. The molecule has 0 spiro atoms. The first-order valence-corrected chi connectivity index (χ1v) is 7.07. The molecule has 2 aromatic rings. The van der Waals surface area contributed by atoms with E-state index in [2.05, 4.69) is 54.0 Å². The molecular weight excluding hydrogens is 232 g/mol. The number of rotatable bonds is 6. The predicted molar refractivity (Wildman–Crippen MR) is 83.6 cm³/mol. The molecule has 0 fully saturated rings. The SMILES string of the molecule is CNCCCC(NC)c1ccc2cc(C)ccc2c1. The van der Waals surface area contributed by atoms with Crippen LogP contribution in [-0.2, 0) is 0 Å². The molecule has 0 aliphatic heterocycles. The molecule has 0 aliphatic carbocycles. The van der Waals surface area contributed by atoms with Crippen LogP contribution in [0.3, 0.4) is 0 Å². The monoisotopic (exact) mass is 256 g/mol. The number of benzene rings is 2. The summed E-state index contributed by atoms with van der Waals surface area (Å²) in [6.45, 7) is 3.21. The topological polar surface area (TPSA) is 24.1 Å². The molecule has 1 atom stereocenters. The lowest BCUT2D eigenvalue weighted by atomic mass is 9.98. The first-order valence-electron chi connectivity index (χ1n) is 7.07. The second kappa shape index (κ2) is 6.69. The highest BCUT2D eigenvalue weighted by atomic mass is 14.9. The van der Waals surface area contributed by atoms with Gasteiger partial charge in [-0.3, -0.25) is 0 Å². The van der Waals surface area contributed by atoms with Crippen molar-refractivity contribution in [3.05, 3.63) is 47.5 Å². The molecule has 0 amide bonds. The van der Waals surface area contributed by atoms with E-state index in [-0.39, 0.29) is 0 Å². The van der Waals surface area contributed by atoms with E-state index in [0.717, 1.165) is 13.0 Å². The Morgan fingerprint density at radius 2 is 1.74 bits per heavy atom. The summed E-state index contributed by atoms with van der Waals surface area (Å²) in [5, 5.41) is 9.29. The normalized spacial score (nSPS) is 12.8. The van der Waals surface area contributed by atoms with Gasteiger partial charge in [0.25, 0.3) is 0 Å². The van der Waals surface area contributed by atoms with Gasteiger partial charge in [-0.2, -0.15) is 0 Å². The third-order valence-electron chi connectivity index (χ3n) is 3.69. The summed E-state index contributed by atoms with van der Waals surface area (Å²) >= 11 is 0. The summed E-state index contributed by atoms with van der Waals surface area (Å²) in [7, 11) is 4.05. The molecule has 2 N–H and O–H groups in total. The summed E-state index contributed by atoms with van der Waals surface area (Å²) in [6.07, 6.45) is 2.35. The Morgan fingerprint density at radius 1 is 1.00 bits per heavy atom. The van der Waals surface area contributed by atoms with Crippen LogP contribution < -0.4 is 10.6 Å². The van der Waals surface area contributed by atoms with Crippen LogP contribution in [-0.4, -0.2) is 20.6 Å². The maximum absolute atomic E-state index is 3.43. The lowest BCUT2D eigenvalue weighted by molar-refractivity contribution is 0.519. The second-order valence-corrected chi connectivity index (χ2v) is 5.20. The van der Waals surface area contributed by atoms with Crippen molar-refractivity contribution in [1.29, 1.82) is 0 Å². The van der Waals surface area contributed by atoms with Crippen molar-refractivity contribution in [3.8, 4) is 0 Å². The van der Waals surface area contributed by atoms with Gasteiger partial charge < -0.3 is 10.6 Å². The molecule has 2 aromatic carbocycles. The first kappa shape index (κ1) is 14.0. The lowest BCUT2D eigenvalue weighted by Gasteiger charge is -2.17. The van der Waals surface area contributed by atoms with Crippen LogP contribution in [0.15, 0.2) is 36.4 Å². The molecule has 0 saturated carbocycles. The maximum atomic E-state index is 3.43. The van der Waals surface area contributed by atoms with Gasteiger partial charge in [0.2, 0.25) is 0 Å². The molecule has 0 bridgehead atoms. The largest absolute Gasteiger partial charge is 0.320 e. The van der Waals surface area contributed by atoms with E-state index in [1.165, 1.54) is 28.3 Å². The van der Waals surface area contributed by atoms with E-state index >= 15 is 0 Å². The fourth-order valence-electron chi connectivity index (χ4n) is 2.56. The van der Waals surface area contributed by atoms with Crippen molar-refractivity contribution in [2.45, 2.75) is 25.8 Å². The summed E-state index contributed by atoms with van der Waals surface area (Å²) in [6, 6.07) is 13.9. The number of nitrogens with one attached hydrogen (secondary N) is 2. The zero-order valence-electron chi connectivity index (χ0n) is 12.2. The van der Waals surface area contributed by atoms with Crippen molar-refractivity contribution in [2.75, 3.05) is 20.6 Å². The minimum atomic E-state index is 0.444. The number of hydrogen-bond acceptors (Lipinski definition) is 2. The molecule has 0 aliphatic rings. The molecule has 102 valence electrons. The molecule has 2 heteroatoms. The number of hydrogen-bond donors (Lipinski definition) is 2. The molecule has 0 radical (unpaired) electrons. The van der Waals surface area contributed by atoms with Crippen LogP contribution >= 0.6 is 0 Å². The Bertz CT molecular complexity index is 534. The third kappa shape index (κ3) is 3.55. The standard InChI is InChI=1S/C17H24N2/c1-13-6-7-15-12-16(9-8-14(15)11-13)17(19-3)5-4-10-18-2/h6-9,11-12,17-19H,4-5,10H2,1-3H3. The molecular formula is C17H24N2. The molecule has 19 heavy (non-hydrogen) atoms. The van der Waals surface area contributed by atoms with Crippen LogP contribution in [0.1, 0.15) is 30.0 Å².